The molecule has 1 aromatic carbocycles. The average molecular weight is 290 g/mol. The van der Waals surface area contributed by atoms with Gasteiger partial charge in [0.1, 0.15) is 5.82 Å². The van der Waals surface area contributed by atoms with Crippen molar-refractivity contribution in [1.29, 1.82) is 0 Å². The number of benzene rings is 1. The molecule has 0 atom stereocenters. The Balaban J connectivity index is 2.98. The summed E-state index contributed by atoms with van der Waals surface area (Å²) in [6.45, 7) is 2.30. The van der Waals surface area contributed by atoms with Crippen molar-refractivity contribution in [2.24, 2.45) is 0 Å². The van der Waals surface area contributed by atoms with Gasteiger partial charge in [-0.15, -0.1) is 0 Å². The zero-order valence-corrected chi connectivity index (χ0v) is 10.5. The normalized spacial score (nSPS) is 10.2. The number of likely N-dealkylation sites (N-methyl/N-ethyl adjacent to an activating group) is 1. The summed E-state index contributed by atoms with van der Waals surface area (Å²) in [7, 11) is 0. The van der Waals surface area contributed by atoms with Gasteiger partial charge in [-0.1, -0.05) is 15.9 Å². The van der Waals surface area contributed by atoms with Crippen LogP contribution in [-0.2, 0) is 0 Å². The monoisotopic (exact) mass is 289 g/mol. The Morgan fingerprint density at radius 2 is 2.25 bits per heavy atom. The van der Waals surface area contributed by atoms with Gasteiger partial charge in [-0.05, 0) is 25.1 Å². The van der Waals surface area contributed by atoms with E-state index in [-0.39, 0.29) is 18.7 Å². The molecule has 0 aliphatic rings. The van der Waals surface area contributed by atoms with Gasteiger partial charge < -0.3 is 10.0 Å². The molecule has 0 aliphatic carbocycles. The Morgan fingerprint density at radius 1 is 1.56 bits per heavy atom. The van der Waals surface area contributed by atoms with Crippen LogP contribution in [0.1, 0.15) is 17.3 Å². The van der Waals surface area contributed by atoms with Crippen LogP contribution in [0.25, 0.3) is 0 Å². The minimum absolute atomic E-state index is 0.0182. The lowest BCUT2D eigenvalue weighted by Gasteiger charge is -2.19. The lowest BCUT2D eigenvalue weighted by molar-refractivity contribution is 0.0727. The molecule has 0 fully saturated rings. The highest BCUT2D eigenvalue weighted by Crippen LogP contribution is 2.17. The summed E-state index contributed by atoms with van der Waals surface area (Å²) in [6, 6.07) is 4.22. The van der Waals surface area contributed by atoms with Crippen molar-refractivity contribution in [2.45, 2.75) is 6.92 Å². The first-order valence-corrected chi connectivity index (χ1v) is 5.74. The highest BCUT2D eigenvalue weighted by molar-refractivity contribution is 9.10. The van der Waals surface area contributed by atoms with Crippen LogP contribution < -0.4 is 0 Å². The largest absolute Gasteiger partial charge is 0.395 e. The highest BCUT2D eigenvalue weighted by atomic mass is 79.9. The van der Waals surface area contributed by atoms with Crippen molar-refractivity contribution in [1.82, 2.24) is 4.90 Å². The van der Waals surface area contributed by atoms with E-state index in [1.807, 2.05) is 0 Å². The fourth-order valence-corrected chi connectivity index (χ4v) is 1.72. The molecule has 0 radical (unpaired) electrons. The van der Waals surface area contributed by atoms with Crippen LogP contribution in [0.15, 0.2) is 22.7 Å². The van der Waals surface area contributed by atoms with E-state index in [9.17, 15) is 9.18 Å². The lowest BCUT2D eigenvalue weighted by atomic mass is 10.2. The third-order valence-electron chi connectivity index (χ3n) is 2.20. The van der Waals surface area contributed by atoms with Gasteiger partial charge in [0, 0.05) is 17.6 Å². The Labute approximate surface area is 102 Å². The molecule has 0 saturated carbocycles. The summed E-state index contributed by atoms with van der Waals surface area (Å²) in [4.78, 5) is 13.3. The number of amides is 1. The minimum atomic E-state index is -0.551. The third-order valence-corrected chi connectivity index (χ3v) is 2.69. The van der Waals surface area contributed by atoms with E-state index in [0.29, 0.717) is 11.0 Å². The molecule has 0 heterocycles. The van der Waals surface area contributed by atoms with Gasteiger partial charge in [-0.3, -0.25) is 4.79 Å². The first-order chi connectivity index (χ1) is 7.60. The van der Waals surface area contributed by atoms with Gasteiger partial charge in [0.25, 0.3) is 5.91 Å². The van der Waals surface area contributed by atoms with Crippen molar-refractivity contribution >= 4 is 21.8 Å². The maximum Gasteiger partial charge on any atom is 0.256 e. The number of hydrogen-bond donors (Lipinski definition) is 1. The molecule has 88 valence electrons. The molecule has 0 saturated heterocycles. The van der Waals surface area contributed by atoms with Gasteiger partial charge in [-0.25, -0.2) is 4.39 Å². The van der Waals surface area contributed by atoms with E-state index < -0.39 is 11.7 Å². The van der Waals surface area contributed by atoms with E-state index >= 15 is 0 Å². The number of carbonyl (C=O) groups excluding carboxylic acids is 1. The summed E-state index contributed by atoms with van der Waals surface area (Å²) in [5, 5.41) is 8.79. The Hall–Kier alpha value is -0.940. The molecule has 0 aromatic heterocycles. The molecule has 0 bridgehead atoms. The van der Waals surface area contributed by atoms with Crippen LogP contribution in [0, 0.1) is 5.82 Å². The zero-order chi connectivity index (χ0) is 12.1. The first-order valence-electron chi connectivity index (χ1n) is 4.95. The third kappa shape index (κ3) is 3.02. The SMILES string of the molecule is CCN(CCO)C(=O)c1cc(Br)ccc1F. The molecule has 1 aromatic rings. The Morgan fingerprint density at radius 3 is 2.81 bits per heavy atom. The van der Waals surface area contributed by atoms with Gasteiger partial charge in [0.05, 0.1) is 12.2 Å². The van der Waals surface area contributed by atoms with Crippen LogP contribution in [0.4, 0.5) is 4.39 Å². The van der Waals surface area contributed by atoms with E-state index in [1.54, 1.807) is 6.92 Å². The molecular weight excluding hydrogens is 277 g/mol. The van der Waals surface area contributed by atoms with Crippen molar-refractivity contribution in [3.05, 3.63) is 34.1 Å². The molecule has 16 heavy (non-hydrogen) atoms. The highest BCUT2D eigenvalue weighted by Gasteiger charge is 2.17. The number of hydrogen-bond acceptors (Lipinski definition) is 2. The van der Waals surface area contributed by atoms with Gasteiger partial charge in [0.15, 0.2) is 0 Å². The van der Waals surface area contributed by atoms with E-state index in [0.717, 1.165) is 0 Å². The Bertz CT molecular complexity index is 384. The topological polar surface area (TPSA) is 40.5 Å². The van der Waals surface area contributed by atoms with Gasteiger partial charge in [-0.2, -0.15) is 0 Å². The van der Waals surface area contributed by atoms with Crippen molar-refractivity contribution in [3.63, 3.8) is 0 Å². The maximum absolute atomic E-state index is 13.4. The van der Waals surface area contributed by atoms with E-state index in [4.69, 9.17) is 5.11 Å². The zero-order valence-electron chi connectivity index (χ0n) is 8.91. The Kier molecular flexibility index (Phi) is 4.89. The molecular formula is C11H13BrFNO2. The molecule has 0 aliphatic heterocycles. The first kappa shape index (κ1) is 13.1. The fourth-order valence-electron chi connectivity index (χ4n) is 1.36. The fraction of sp³-hybridized carbons (Fsp3) is 0.364. The minimum Gasteiger partial charge on any atom is -0.395 e. The summed E-state index contributed by atoms with van der Waals surface area (Å²) in [6.07, 6.45) is 0. The van der Waals surface area contributed by atoms with Crippen LogP contribution in [0.5, 0.6) is 0 Å². The number of carbonyl (C=O) groups is 1. The van der Waals surface area contributed by atoms with Crippen molar-refractivity contribution in [2.75, 3.05) is 19.7 Å². The predicted molar refractivity (Wildman–Crippen MR) is 62.8 cm³/mol. The lowest BCUT2D eigenvalue weighted by Crippen LogP contribution is -2.33. The molecule has 1 amide bonds. The second-order valence-electron chi connectivity index (χ2n) is 3.23. The van der Waals surface area contributed by atoms with Crippen molar-refractivity contribution < 1.29 is 14.3 Å². The molecule has 0 spiro atoms. The van der Waals surface area contributed by atoms with Gasteiger partial charge in [0.2, 0.25) is 0 Å². The van der Waals surface area contributed by atoms with E-state index in [2.05, 4.69) is 15.9 Å². The molecule has 5 heteroatoms. The molecule has 0 unspecified atom stereocenters. The standard InChI is InChI=1S/C11H13BrFNO2/c1-2-14(5-6-15)11(16)9-7-8(12)3-4-10(9)13/h3-4,7,15H,2,5-6H2,1H3. The number of nitrogens with zero attached hydrogens (tertiary/aromatic N) is 1. The molecule has 1 N–H and O–H groups in total. The van der Waals surface area contributed by atoms with E-state index in [1.165, 1.54) is 23.1 Å². The molecule has 1 rings (SSSR count). The van der Waals surface area contributed by atoms with Gasteiger partial charge >= 0.3 is 0 Å². The summed E-state index contributed by atoms with van der Waals surface area (Å²) in [5.74, 6) is -0.958. The second-order valence-corrected chi connectivity index (χ2v) is 4.15. The number of aliphatic hydroxyl groups excluding tert-OH is 1. The van der Waals surface area contributed by atoms with Crippen molar-refractivity contribution in [3.8, 4) is 0 Å². The van der Waals surface area contributed by atoms with Crippen LogP contribution >= 0.6 is 15.9 Å². The van der Waals surface area contributed by atoms with Crippen LogP contribution in [0.2, 0.25) is 0 Å². The number of aliphatic hydroxyl groups is 1. The summed E-state index contributed by atoms with van der Waals surface area (Å²) in [5.41, 5.74) is 0.0182. The summed E-state index contributed by atoms with van der Waals surface area (Å²) < 4.78 is 14.1. The average Bonchev–Trinajstić information content (AvgIpc) is 2.28. The second kappa shape index (κ2) is 5.96. The van der Waals surface area contributed by atoms with Crippen LogP contribution in [0.3, 0.4) is 0 Å². The smallest absolute Gasteiger partial charge is 0.256 e. The van der Waals surface area contributed by atoms with Crippen LogP contribution in [-0.4, -0.2) is 35.6 Å². The summed E-state index contributed by atoms with van der Waals surface area (Å²) >= 11 is 3.19. The maximum atomic E-state index is 13.4. The quantitative estimate of drug-likeness (QED) is 0.922. The predicted octanol–water partition coefficient (Wildman–Crippen LogP) is 2.04. The molecule has 3 nitrogen and oxygen atoms in total. The number of rotatable bonds is 4. The number of halogens is 2.